The van der Waals surface area contributed by atoms with E-state index in [1.54, 1.807) is 0 Å². The molecule has 0 aliphatic carbocycles. The Labute approximate surface area is 151 Å². The average molecular weight is 406 g/mol. The van der Waals surface area contributed by atoms with Crippen LogP contribution in [-0.4, -0.2) is 15.0 Å². The fraction of sp³-hybridized carbons (Fsp3) is 0.222. The summed E-state index contributed by atoms with van der Waals surface area (Å²) in [5, 5.41) is 8.34. The van der Waals surface area contributed by atoms with E-state index in [0.29, 0.717) is 13.0 Å². The molecule has 4 rings (SSSR count). The first-order chi connectivity index (χ1) is 12.0. The van der Waals surface area contributed by atoms with Crippen LogP contribution in [0.2, 0.25) is 0 Å². The molecule has 7 heteroatoms. The molecule has 0 N–H and O–H groups in total. The van der Waals surface area contributed by atoms with Gasteiger partial charge in [-0.1, -0.05) is 27.2 Å². The number of benzene rings is 2. The normalized spacial score (nSPS) is 16.1. The molecule has 1 atom stereocenters. The number of ether oxygens (including phenoxy) is 1. The largest absolute Gasteiger partial charge is 0.483 e. The highest BCUT2D eigenvalue weighted by atomic mass is 79.9. The van der Waals surface area contributed by atoms with E-state index in [4.69, 9.17) is 4.74 Å². The summed E-state index contributed by atoms with van der Waals surface area (Å²) in [6.07, 6.45) is 0.212. The standard InChI is InChI=1S/C18H14BrF2N3O/c1-10-18-13-4-2-11(19)8-14(13)16(6-7-24(18)23-22-10)25-17-5-3-12(20)9-15(17)21/h2-5,8-9,16H,6-7H2,1H3. The van der Waals surface area contributed by atoms with Gasteiger partial charge in [-0.2, -0.15) is 0 Å². The minimum absolute atomic E-state index is 0.0340. The number of aryl methyl sites for hydroxylation is 2. The molecule has 0 saturated carbocycles. The van der Waals surface area contributed by atoms with Gasteiger partial charge in [-0.05, 0) is 31.2 Å². The molecule has 128 valence electrons. The molecular formula is C18H14BrF2N3O. The Balaban J connectivity index is 1.80. The van der Waals surface area contributed by atoms with Crippen LogP contribution in [0.25, 0.3) is 11.3 Å². The van der Waals surface area contributed by atoms with E-state index in [9.17, 15) is 8.78 Å². The first-order valence-corrected chi connectivity index (χ1v) is 8.64. The second-order valence-corrected chi connectivity index (χ2v) is 6.86. The zero-order chi connectivity index (χ0) is 17.6. The number of fused-ring (bicyclic) bond motifs is 3. The Morgan fingerprint density at radius 3 is 2.84 bits per heavy atom. The second kappa shape index (κ2) is 6.22. The highest BCUT2D eigenvalue weighted by Crippen LogP contribution is 2.39. The quantitative estimate of drug-likeness (QED) is 0.613. The van der Waals surface area contributed by atoms with Gasteiger partial charge >= 0.3 is 0 Å². The van der Waals surface area contributed by atoms with Crippen molar-refractivity contribution in [3.8, 4) is 17.0 Å². The first kappa shape index (κ1) is 16.2. The molecule has 0 amide bonds. The molecule has 0 spiro atoms. The van der Waals surface area contributed by atoms with Crippen LogP contribution in [0.15, 0.2) is 40.9 Å². The lowest BCUT2D eigenvalue weighted by Crippen LogP contribution is -2.11. The van der Waals surface area contributed by atoms with Gasteiger partial charge in [0.2, 0.25) is 0 Å². The van der Waals surface area contributed by atoms with E-state index < -0.39 is 11.6 Å². The molecule has 0 radical (unpaired) electrons. The third kappa shape index (κ3) is 2.93. The number of rotatable bonds is 2. The smallest absolute Gasteiger partial charge is 0.168 e. The molecule has 1 aliphatic rings. The van der Waals surface area contributed by atoms with Crippen LogP contribution < -0.4 is 4.74 Å². The maximum atomic E-state index is 14.0. The molecule has 0 fully saturated rings. The fourth-order valence-electron chi connectivity index (χ4n) is 3.15. The molecule has 1 aliphatic heterocycles. The second-order valence-electron chi connectivity index (χ2n) is 5.95. The van der Waals surface area contributed by atoms with E-state index in [1.165, 1.54) is 12.1 Å². The van der Waals surface area contributed by atoms with E-state index in [2.05, 4.69) is 26.2 Å². The van der Waals surface area contributed by atoms with Crippen LogP contribution in [0.3, 0.4) is 0 Å². The van der Waals surface area contributed by atoms with E-state index in [1.807, 2.05) is 29.8 Å². The van der Waals surface area contributed by atoms with Gasteiger partial charge in [0.25, 0.3) is 0 Å². The number of hydrogen-bond donors (Lipinski definition) is 0. The molecule has 2 heterocycles. The molecule has 1 aromatic heterocycles. The summed E-state index contributed by atoms with van der Waals surface area (Å²) in [7, 11) is 0. The summed E-state index contributed by atoms with van der Waals surface area (Å²) >= 11 is 3.48. The molecule has 0 bridgehead atoms. The van der Waals surface area contributed by atoms with Crippen molar-refractivity contribution < 1.29 is 13.5 Å². The summed E-state index contributed by atoms with van der Waals surface area (Å²) in [5.41, 5.74) is 3.64. The van der Waals surface area contributed by atoms with Crippen molar-refractivity contribution in [2.24, 2.45) is 0 Å². The average Bonchev–Trinajstić information content (AvgIpc) is 2.86. The zero-order valence-corrected chi connectivity index (χ0v) is 14.9. The predicted octanol–water partition coefficient (Wildman–Crippen LogP) is 4.82. The SMILES string of the molecule is Cc1nnn2c1-c1ccc(Br)cc1C(Oc1ccc(F)cc1F)CC2. The topological polar surface area (TPSA) is 39.9 Å². The van der Waals surface area contributed by atoms with Gasteiger partial charge in [-0.15, -0.1) is 5.10 Å². The molecule has 1 unspecified atom stereocenters. The minimum Gasteiger partial charge on any atom is -0.483 e. The maximum Gasteiger partial charge on any atom is 0.168 e. The lowest BCUT2D eigenvalue weighted by molar-refractivity contribution is 0.180. The Morgan fingerprint density at radius 2 is 2.04 bits per heavy atom. The third-order valence-corrected chi connectivity index (χ3v) is 4.78. The Bertz CT molecular complexity index is 957. The molecule has 2 aromatic carbocycles. The van der Waals surface area contributed by atoms with Crippen molar-refractivity contribution in [2.45, 2.75) is 26.0 Å². The highest BCUT2D eigenvalue weighted by Gasteiger charge is 2.27. The molecule has 4 nitrogen and oxygen atoms in total. The molecular weight excluding hydrogens is 392 g/mol. The summed E-state index contributed by atoms with van der Waals surface area (Å²) in [6, 6.07) is 9.21. The van der Waals surface area contributed by atoms with Crippen LogP contribution >= 0.6 is 15.9 Å². The van der Waals surface area contributed by atoms with Crippen LogP contribution in [0.5, 0.6) is 5.75 Å². The summed E-state index contributed by atoms with van der Waals surface area (Å²) < 4.78 is 35.8. The van der Waals surface area contributed by atoms with Gasteiger partial charge in [0.05, 0.1) is 11.4 Å². The van der Waals surface area contributed by atoms with Crippen molar-refractivity contribution in [1.82, 2.24) is 15.0 Å². The van der Waals surface area contributed by atoms with Gasteiger partial charge in [0.15, 0.2) is 11.6 Å². The first-order valence-electron chi connectivity index (χ1n) is 7.84. The van der Waals surface area contributed by atoms with E-state index >= 15 is 0 Å². The van der Waals surface area contributed by atoms with Gasteiger partial charge in [0, 0.05) is 34.6 Å². The highest BCUT2D eigenvalue weighted by molar-refractivity contribution is 9.10. The maximum absolute atomic E-state index is 14.0. The van der Waals surface area contributed by atoms with Crippen LogP contribution in [0, 0.1) is 18.6 Å². The number of aromatic nitrogens is 3. The lowest BCUT2D eigenvalue weighted by atomic mass is 9.98. The third-order valence-electron chi connectivity index (χ3n) is 4.29. The van der Waals surface area contributed by atoms with Crippen molar-refractivity contribution >= 4 is 15.9 Å². The van der Waals surface area contributed by atoms with Gasteiger partial charge in [0.1, 0.15) is 11.9 Å². The molecule has 3 aromatic rings. The summed E-state index contributed by atoms with van der Waals surface area (Å²) in [5.74, 6) is -1.31. The van der Waals surface area contributed by atoms with Gasteiger partial charge in [-0.25, -0.2) is 13.5 Å². The Morgan fingerprint density at radius 1 is 1.20 bits per heavy atom. The number of nitrogens with zero attached hydrogens (tertiary/aromatic N) is 3. The minimum atomic E-state index is -0.712. The van der Waals surface area contributed by atoms with Crippen molar-refractivity contribution in [3.05, 3.63) is 63.8 Å². The van der Waals surface area contributed by atoms with Crippen molar-refractivity contribution in [1.29, 1.82) is 0 Å². The zero-order valence-electron chi connectivity index (χ0n) is 13.3. The Kier molecular flexibility index (Phi) is 4.03. The van der Waals surface area contributed by atoms with E-state index in [0.717, 1.165) is 33.1 Å². The van der Waals surface area contributed by atoms with Crippen LogP contribution in [-0.2, 0) is 6.54 Å². The summed E-state index contributed by atoms with van der Waals surface area (Å²) in [6.45, 7) is 2.50. The molecule has 25 heavy (non-hydrogen) atoms. The lowest BCUT2D eigenvalue weighted by Gasteiger charge is -2.20. The van der Waals surface area contributed by atoms with Crippen LogP contribution in [0.1, 0.15) is 23.8 Å². The van der Waals surface area contributed by atoms with Crippen LogP contribution in [0.4, 0.5) is 8.78 Å². The van der Waals surface area contributed by atoms with E-state index in [-0.39, 0.29) is 11.9 Å². The summed E-state index contributed by atoms with van der Waals surface area (Å²) in [4.78, 5) is 0. The Hall–Kier alpha value is -2.28. The van der Waals surface area contributed by atoms with Crippen molar-refractivity contribution in [3.63, 3.8) is 0 Å². The van der Waals surface area contributed by atoms with Gasteiger partial charge < -0.3 is 4.74 Å². The number of hydrogen-bond acceptors (Lipinski definition) is 3. The monoisotopic (exact) mass is 405 g/mol. The number of halogens is 3. The molecule has 0 saturated heterocycles. The fourth-order valence-corrected chi connectivity index (χ4v) is 3.53. The predicted molar refractivity (Wildman–Crippen MR) is 92.2 cm³/mol. The van der Waals surface area contributed by atoms with Gasteiger partial charge in [-0.3, -0.25) is 0 Å². The van der Waals surface area contributed by atoms with Crippen molar-refractivity contribution in [2.75, 3.05) is 0 Å².